The number of benzene rings is 1. The normalized spacial score (nSPS) is 10.0. The van der Waals surface area contributed by atoms with Gasteiger partial charge in [-0.2, -0.15) is 8.78 Å². The van der Waals surface area contributed by atoms with Gasteiger partial charge in [-0.15, -0.1) is 0 Å². The van der Waals surface area contributed by atoms with Crippen LogP contribution in [0.15, 0.2) is 24.3 Å². The molecule has 1 rings (SSSR count). The fourth-order valence-electron chi connectivity index (χ4n) is 1.06. The van der Waals surface area contributed by atoms with Crippen LogP contribution in [-0.2, 0) is 9.53 Å². The molecule has 86 valence electrons. The third kappa shape index (κ3) is 2.75. The number of para-hydroxylation sites is 1. The first-order valence-electron chi connectivity index (χ1n) is 4.22. The van der Waals surface area contributed by atoms with Gasteiger partial charge in [0.15, 0.2) is 0 Å². The molecule has 1 aromatic rings. The highest BCUT2D eigenvalue weighted by molar-refractivity contribution is 6.41. The third-order valence-electron chi connectivity index (χ3n) is 1.72. The highest BCUT2D eigenvalue weighted by Gasteiger charge is 2.21. The van der Waals surface area contributed by atoms with Crippen molar-refractivity contribution in [1.29, 1.82) is 0 Å². The van der Waals surface area contributed by atoms with Crippen LogP contribution in [0.3, 0.4) is 0 Å². The number of ketones is 1. The van der Waals surface area contributed by atoms with Crippen LogP contribution in [0.2, 0.25) is 0 Å². The Hall–Kier alpha value is -1.98. The molecule has 4 nitrogen and oxygen atoms in total. The quantitative estimate of drug-likeness (QED) is 0.448. The number of carbonyl (C=O) groups is 2. The molecule has 0 aliphatic heterocycles. The summed E-state index contributed by atoms with van der Waals surface area (Å²) < 4.78 is 32.3. The van der Waals surface area contributed by atoms with Crippen LogP contribution in [-0.4, -0.2) is 25.5 Å². The molecule has 1 aromatic carbocycles. The number of hydrogen-bond donors (Lipinski definition) is 0. The molecule has 0 aliphatic carbocycles. The van der Waals surface area contributed by atoms with E-state index in [-0.39, 0.29) is 11.3 Å². The highest BCUT2D eigenvalue weighted by atomic mass is 19.3. The van der Waals surface area contributed by atoms with Crippen LogP contribution < -0.4 is 4.74 Å². The Morgan fingerprint density at radius 3 is 2.44 bits per heavy atom. The third-order valence-corrected chi connectivity index (χ3v) is 1.72. The van der Waals surface area contributed by atoms with E-state index < -0.39 is 18.4 Å². The molecule has 0 saturated carbocycles. The standard InChI is InChI=1S/C10H8F2O4/c1-15-9(14)8(13)6-4-2-3-5-7(6)16-10(11)12/h2-5,10H,1H3. The van der Waals surface area contributed by atoms with Gasteiger partial charge in [0.1, 0.15) is 5.75 Å². The maximum Gasteiger partial charge on any atom is 0.387 e. The Labute approximate surface area is 89.8 Å². The van der Waals surface area contributed by atoms with Crippen molar-refractivity contribution in [1.82, 2.24) is 0 Å². The lowest BCUT2D eigenvalue weighted by molar-refractivity contribution is -0.135. The summed E-state index contributed by atoms with van der Waals surface area (Å²) in [7, 11) is 1.02. The van der Waals surface area contributed by atoms with Gasteiger partial charge in [-0.3, -0.25) is 4.79 Å². The van der Waals surface area contributed by atoms with Crippen molar-refractivity contribution < 1.29 is 27.8 Å². The minimum atomic E-state index is -3.06. The first kappa shape index (κ1) is 12.1. The minimum Gasteiger partial charge on any atom is -0.463 e. The fraction of sp³-hybridized carbons (Fsp3) is 0.200. The zero-order valence-electron chi connectivity index (χ0n) is 8.28. The maximum absolute atomic E-state index is 12.0. The van der Waals surface area contributed by atoms with Crippen LogP contribution in [0.1, 0.15) is 10.4 Å². The maximum atomic E-state index is 12.0. The molecule has 0 atom stereocenters. The summed E-state index contributed by atoms with van der Waals surface area (Å²) in [6, 6.07) is 5.21. The Morgan fingerprint density at radius 1 is 1.25 bits per heavy atom. The zero-order valence-corrected chi connectivity index (χ0v) is 8.28. The lowest BCUT2D eigenvalue weighted by Crippen LogP contribution is -2.17. The first-order chi connectivity index (χ1) is 7.56. The number of alkyl halides is 2. The summed E-state index contributed by atoms with van der Waals surface area (Å²) >= 11 is 0. The van der Waals surface area contributed by atoms with Gasteiger partial charge in [-0.05, 0) is 12.1 Å². The van der Waals surface area contributed by atoms with Gasteiger partial charge in [0.2, 0.25) is 0 Å². The Balaban J connectivity index is 3.03. The van der Waals surface area contributed by atoms with Crippen molar-refractivity contribution in [2.45, 2.75) is 6.61 Å². The van der Waals surface area contributed by atoms with E-state index in [2.05, 4.69) is 9.47 Å². The molecule has 16 heavy (non-hydrogen) atoms. The highest BCUT2D eigenvalue weighted by Crippen LogP contribution is 2.20. The molecular formula is C10H8F2O4. The number of rotatable bonds is 4. The average molecular weight is 230 g/mol. The van der Waals surface area contributed by atoms with E-state index in [0.29, 0.717) is 0 Å². The van der Waals surface area contributed by atoms with Crippen LogP contribution >= 0.6 is 0 Å². The summed E-state index contributed by atoms with van der Waals surface area (Å²) in [5, 5.41) is 0. The van der Waals surface area contributed by atoms with Crippen LogP contribution in [0.4, 0.5) is 8.78 Å². The van der Waals surface area contributed by atoms with Crippen molar-refractivity contribution >= 4 is 11.8 Å². The Morgan fingerprint density at radius 2 is 1.88 bits per heavy atom. The van der Waals surface area contributed by atoms with Crippen molar-refractivity contribution in [3.63, 3.8) is 0 Å². The number of halogens is 2. The first-order valence-corrected chi connectivity index (χ1v) is 4.22. The van der Waals surface area contributed by atoms with Crippen molar-refractivity contribution in [3.8, 4) is 5.75 Å². The zero-order chi connectivity index (χ0) is 12.1. The summed E-state index contributed by atoms with van der Waals surface area (Å²) in [4.78, 5) is 22.3. The number of esters is 1. The molecule has 0 saturated heterocycles. The fourth-order valence-corrected chi connectivity index (χ4v) is 1.06. The largest absolute Gasteiger partial charge is 0.463 e. The summed E-state index contributed by atoms with van der Waals surface area (Å²) in [5.74, 6) is -2.52. The van der Waals surface area contributed by atoms with Crippen molar-refractivity contribution in [2.75, 3.05) is 7.11 Å². The second kappa shape index (κ2) is 5.20. The van der Waals surface area contributed by atoms with Crippen LogP contribution in [0, 0.1) is 0 Å². The SMILES string of the molecule is COC(=O)C(=O)c1ccccc1OC(F)F. The van der Waals surface area contributed by atoms with E-state index in [1.165, 1.54) is 24.3 Å². The van der Waals surface area contributed by atoms with Gasteiger partial charge in [0.05, 0.1) is 12.7 Å². The second-order valence-electron chi connectivity index (χ2n) is 2.70. The summed E-state index contributed by atoms with van der Waals surface area (Å²) in [5.41, 5.74) is -0.255. The molecule has 0 amide bonds. The molecule has 0 heterocycles. The van der Waals surface area contributed by atoms with E-state index in [1.807, 2.05) is 0 Å². The molecule has 0 N–H and O–H groups in total. The lowest BCUT2D eigenvalue weighted by Gasteiger charge is -2.08. The van der Waals surface area contributed by atoms with E-state index in [9.17, 15) is 18.4 Å². The molecule has 0 bridgehead atoms. The molecule has 0 fully saturated rings. The number of carbonyl (C=O) groups excluding carboxylic acids is 2. The molecular weight excluding hydrogens is 222 g/mol. The summed E-state index contributed by atoms with van der Waals surface area (Å²) in [6.45, 7) is -3.06. The Bertz CT molecular complexity index is 404. The van der Waals surface area contributed by atoms with E-state index in [1.54, 1.807) is 0 Å². The number of methoxy groups -OCH3 is 1. The molecule has 6 heteroatoms. The van der Waals surface area contributed by atoms with E-state index in [4.69, 9.17) is 0 Å². The smallest absolute Gasteiger partial charge is 0.387 e. The van der Waals surface area contributed by atoms with Crippen LogP contribution in [0.25, 0.3) is 0 Å². The van der Waals surface area contributed by atoms with E-state index in [0.717, 1.165) is 7.11 Å². The van der Waals surface area contributed by atoms with Gasteiger partial charge < -0.3 is 9.47 Å². The molecule has 0 aliphatic rings. The molecule has 0 unspecified atom stereocenters. The Kier molecular flexibility index (Phi) is 3.93. The monoisotopic (exact) mass is 230 g/mol. The molecule has 0 aromatic heterocycles. The molecule has 0 radical (unpaired) electrons. The second-order valence-corrected chi connectivity index (χ2v) is 2.70. The van der Waals surface area contributed by atoms with Crippen molar-refractivity contribution in [2.24, 2.45) is 0 Å². The topological polar surface area (TPSA) is 52.6 Å². The van der Waals surface area contributed by atoms with Gasteiger partial charge in [-0.1, -0.05) is 12.1 Å². The minimum absolute atomic E-state index is 0.255. The number of ether oxygens (including phenoxy) is 2. The van der Waals surface area contributed by atoms with Gasteiger partial charge in [-0.25, -0.2) is 4.79 Å². The van der Waals surface area contributed by atoms with Gasteiger partial charge in [0.25, 0.3) is 5.78 Å². The van der Waals surface area contributed by atoms with Crippen molar-refractivity contribution in [3.05, 3.63) is 29.8 Å². The lowest BCUT2D eigenvalue weighted by atomic mass is 10.1. The summed E-state index contributed by atoms with van der Waals surface area (Å²) in [6.07, 6.45) is 0. The number of hydrogen-bond acceptors (Lipinski definition) is 4. The predicted octanol–water partition coefficient (Wildman–Crippen LogP) is 1.64. The van der Waals surface area contributed by atoms with E-state index >= 15 is 0 Å². The average Bonchev–Trinajstić information content (AvgIpc) is 2.27. The van der Waals surface area contributed by atoms with Gasteiger partial charge in [0, 0.05) is 0 Å². The molecule has 0 spiro atoms. The van der Waals surface area contributed by atoms with Gasteiger partial charge >= 0.3 is 12.6 Å². The van der Waals surface area contributed by atoms with Crippen LogP contribution in [0.5, 0.6) is 5.75 Å². The predicted molar refractivity (Wildman–Crippen MR) is 49.4 cm³/mol. The number of Topliss-reactive ketones (excluding diaryl/α,β-unsaturated/α-hetero) is 1.